The molecule has 0 rings (SSSR count). The number of carboxylic acids is 2. The summed E-state index contributed by atoms with van der Waals surface area (Å²) in [5.41, 5.74) is 19.6. The van der Waals surface area contributed by atoms with Crippen LogP contribution in [0.15, 0.2) is 25.3 Å². The van der Waals surface area contributed by atoms with Gasteiger partial charge in [-0.25, -0.2) is 0 Å². The predicted octanol–water partition coefficient (Wildman–Crippen LogP) is -4.35. The zero-order chi connectivity index (χ0) is 15.4. The van der Waals surface area contributed by atoms with Crippen LogP contribution in [0.4, 0.5) is 0 Å². The summed E-state index contributed by atoms with van der Waals surface area (Å²) in [7, 11) is 0. The van der Waals surface area contributed by atoms with Gasteiger partial charge in [0.25, 0.3) is 0 Å². The number of carboxylic acid groups (broad SMARTS) is 2. The third-order valence-corrected chi connectivity index (χ3v) is 0.667. The summed E-state index contributed by atoms with van der Waals surface area (Å²) in [5, 5.41) is 18.3. The minimum atomic E-state index is -1.23. The molecule has 0 aliphatic carbocycles. The Kier molecular flexibility index (Phi) is 58.1. The Balaban J connectivity index is -0.0000000453. The van der Waals surface area contributed by atoms with Crippen molar-refractivity contribution in [2.24, 2.45) is 22.9 Å². The van der Waals surface area contributed by atoms with Crippen molar-refractivity contribution in [3.63, 3.8) is 0 Å². The summed E-state index contributed by atoms with van der Waals surface area (Å²) in [6, 6.07) is 0. The van der Waals surface area contributed by atoms with E-state index in [1.165, 1.54) is 0 Å². The van der Waals surface area contributed by atoms with Crippen molar-refractivity contribution in [3.05, 3.63) is 25.3 Å². The molecule has 0 spiro atoms. The third kappa shape index (κ3) is 157. The van der Waals surface area contributed by atoms with Crippen LogP contribution in [0.5, 0.6) is 0 Å². The Bertz CT molecular complexity index is 190. The fraction of sp³-hybridized carbons (Fsp3) is 0.400. The van der Waals surface area contributed by atoms with Crippen LogP contribution in [0.3, 0.4) is 0 Å². The van der Waals surface area contributed by atoms with E-state index >= 15 is 0 Å². The van der Waals surface area contributed by atoms with Gasteiger partial charge in [0.15, 0.2) is 0 Å². The summed E-state index contributed by atoms with van der Waals surface area (Å²) < 4.78 is 0. The number of rotatable bonds is 4. The Labute approximate surface area is 126 Å². The van der Waals surface area contributed by atoms with Gasteiger partial charge in [0.1, 0.15) is 0 Å². The van der Waals surface area contributed by atoms with E-state index in [9.17, 15) is 0 Å². The van der Waals surface area contributed by atoms with Gasteiger partial charge < -0.3 is 42.7 Å². The van der Waals surface area contributed by atoms with Crippen molar-refractivity contribution in [1.82, 2.24) is 0 Å². The quantitative estimate of drug-likeness (QED) is 0.294. The molecule has 0 aromatic carbocycles. The first-order valence-corrected chi connectivity index (χ1v) is 4.84. The van der Waals surface area contributed by atoms with E-state index < -0.39 is 11.9 Å². The zero-order valence-corrected chi connectivity index (χ0v) is 14.0. The molecule has 0 aromatic heterocycles. The maximum atomic E-state index is 9.14. The molecule has 19 heavy (non-hydrogen) atoms. The molecule has 108 valence electrons. The van der Waals surface area contributed by atoms with E-state index in [0.29, 0.717) is 26.2 Å². The summed E-state index contributed by atoms with van der Waals surface area (Å²) in [6.45, 7) is 8.19. The number of hydrogen-bond donors (Lipinski definition) is 4. The largest absolute Gasteiger partial charge is 2.00 e. The van der Waals surface area contributed by atoms with E-state index in [-0.39, 0.29) is 19.5 Å². The zero-order valence-electron chi connectivity index (χ0n) is 11.0. The number of carbonyl (C=O) groups is 2. The molecule has 0 aliphatic rings. The predicted molar refractivity (Wildman–Crippen MR) is 66.6 cm³/mol. The van der Waals surface area contributed by atoms with E-state index in [0.717, 1.165) is 12.2 Å². The smallest absolute Gasteiger partial charge is 0.545 e. The molecule has 0 amide bonds. The molecule has 8 nitrogen and oxygen atoms in total. The fourth-order valence-corrected chi connectivity index (χ4v) is 0. The topological polar surface area (TPSA) is 184 Å². The molecule has 0 radical (unpaired) electrons. The summed E-state index contributed by atoms with van der Waals surface area (Å²) in [6.07, 6.45) is 1.44. The number of aliphatic carboxylic acids is 2. The van der Waals surface area contributed by atoms with E-state index in [4.69, 9.17) is 42.7 Å². The van der Waals surface area contributed by atoms with Gasteiger partial charge in [-0.2, -0.15) is 0 Å². The van der Waals surface area contributed by atoms with E-state index in [2.05, 4.69) is 13.2 Å². The molecule has 0 atom stereocenters. The van der Waals surface area contributed by atoms with Crippen LogP contribution >= 0.6 is 0 Å². The standard InChI is InChI=1S/2C3H4O2.2C2H8N2.Zn/c2*1-2-3(4)5;2*3-1-2-4;/h2*2H,1H2,(H,4,5);2*1-4H2;/q;;;;+2/p-2. The summed E-state index contributed by atoms with van der Waals surface area (Å²) in [4.78, 5) is 18.3. The van der Waals surface area contributed by atoms with Gasteiger partial charge in [-0.1, -0.05) is 13.2 Å². The van der Waals surface area contributed by atoms with Crippen molar-refractivity contribution in [2.75, 3.05) is 26.2 Å². The molecular formula is C10H22N4O4Zn. The van der Waals surface area contributed by atoms with Gasteiger partial charge in [-0.3, -0.25) is 0 Å². The molecule has 0 fully saturated rings. The van der Waals surface area contributed by atoms with Crippen LogP contribution in [0.25, 0.3) is 0 Å². The molecule has 0 heterocycles. The van der Waals surface area contributed by atoms with E-state index in [1.807, 2.05) is 0 Å². The van der Waals surface area contributed by atoms with Gasteiger partial charge in [-0.05, 0) is 12.2 Å². The van der Waals surface area contributed by atoms with Gasteiger partial charge in [0.2, 0.25) is 0 Å². The van der Waals surface area contributed by atoms with Gasteiger partial charge >= 0.3 is 19.5 Å². The first kappa shape index (κ1) is 30.7. The number of nitrogens with two attached hydrogens (primary N) is 4. The summed E-state index contributed by atoms with van der Waals surface area (Å²) in [5.74, 6) is -2.46. The first-order chi connectivity index (χ1) is 8.37. The Hall–Kier alpha value is -1.12. The van der Waals surface area contributed by atoms with Crippen LogP contribution in [0, 0.1) is 0 Å². The molecular weight excluding hydrogens is 306 g/mol. The normalized spacial score (nSPS) is 6.53. The molecule has 8 N–H and O–H groups in total. The maximum Gasteiger partial charge on any atom is 2.00 e. The van der Waals surface area contributed by atoms with Gasteiger partial charge in [0, 0.05) is 26.2 Å². The first-order valence-electron chi connectivity index (χ1n) is 4.84. The monoisotopic (exact) mass is 326 g/mol. The molecule has 0 aromatic rings. The average Bonchev–Trinajstić information content (AvgIpc) is 2.39. The van der Waals surface area contributed by atoms with Crippen LogP contribution in [-0.4, -0.2) is 38.1 Å². The molecule has 9 heteroatoms. The maximum absolute atomic E-state index is 9.14. The minimum absolute atomic E-state index is 0. The number of hydrogen-bond acceptors (Lipinski definition) is 8. The minimum Gasteiger partial charge on any atom is -0.545 e. The number of carbonyl (C=O) groups excluding carboxylic acids is 2. The third-order valence-electron chi connectivity index (χ3n) is 0.667. The fourth-order valence-electron chi connectivity index (χ4n) is 0. The Morgan fingerprint density at radius 3 is 0.895 bits per heavy atom. The van der Waals surface area contributed by atoms with Crippen LogP contribution < -0.4 is 33.1 Å². The Morgan fingerprint density at radius 1 is 0.789 bits per heavy atom. The van der Waals surface area contributed by atoms with Crippen LogP contribution in [-0.2, 0) is 29.1 Å². The second-order valence-corrected chi connectivity index (χ2v) is 2.20. The molecule has 0 unspecified atom stereocenters. The van der Waals surface area contributed by atoms with Gasteiger partial charge in [-0.15, -0.1) is 0 Å². The Morgan fingerprint density at radius 2 is 0.895 bits per heavy atom. The van der Waals surface area contributed by atoms with Crippen molar-refractivity contribution in [2.45, 2.75) is 0 Å². The van der Waals surface area contributed by atoms with Gasteiger partial charge in [0.05, 0.1) is 11.9 Å². The second kappa shape index (κ2) is 36.0. The van der Waals surface area contributed by atoms with Crippen molar-refractivity contribution >= 4 is 11.9 Å². The molecule has 0 aliphatic heterocycles. The molecule has 0 saturated carbocycles. The van der Waals surface area contributed by atoms with Crippen molar-refractivity contribution in [1.29, 1.82) is 0 Å². The summed E-state index contributed by atoms with van der Waals surface area (Å²) >= 11 is 0. The van der Waals surface area contributed by atoms with Crippen molar-refractivity contribution < 1.29 is 39.3 Å². The average molecular weight is 328 g/mol. The van der Waals surface area contributed by atoms with E-state index in [1.54, 1.807) is 0 Å². The van der Waals surface area contributed by atoms with Crippen LogP contribution in [0.1, 0.15) is 0 Å². The molecule has 0 bridgehead atoms. The molecule has 0 saturated heterocycles. The SMILES string of the molecule is C=CC(=O)[O-].C=CC(=O)[O-].NCCN.NCCN.[Zn+2]. The van der Waals surface area contributed by atoms with Crippen molar-refractivity contribution in [3.8, 4) is 0 Å². The van der Waals surface area contributed by atoms with Crippen LogP contribution in [0.2, 0.25) is 0 Å². The second-order valence-electron chi connectivity index (χ2n) is 2.20.